The summed E-state index contributed by atoms with van der Waals surface area (Å²) in [5.41, 5.74) is 1.82. The smallest absolute Gasteiger partial charge is 0.239 e. The van der Waals surface area contributed by atoms with Gasteiger partial charge in [-0.15, -0.1) is 5.10 Å². The van der Waals surface area contributed by atoms with Gasteiger partial charge in [-0.3, -0.25) is 9.69 Å². The SMILES string of the molecule is CCOc1ccc(CN2C(=O)CS/C2=N/N=C\c2ccc(OC)c(OC)c2)cc1. The molecule has 1 fully saturated rings. The second-order valence-electron chi connectivity index (χ2n) is 6.09. The lowest BCUT2D eigenvalue weighted by Crippen LogP contribution is -2.28. The van der Waals surface area contributed by atoms with E-state index in [0.29, 0.717) is 35.6 Å². The fourth-order valence-corrected chi connectivity index (χ4v) is 3.58. The topological polar surface area (TPSA) is 72.7 Å². The Balaban J connectivity index is 1.70. The lowest BCUT2D eigenvalue weighted by atomic mass is 10.2. The highest BCUT2D eigenvalue weighted by atomic mass is 32.2. The van der Waals surface area contributed by atoms with Gasteiger partial charge in [0.2, 0.25) is 5.91 Å². The van der Waals surface area contributed by atoms with Crippen LogP contribution in [0.1, 0.15) is 18.1 Å². The number of ether oxygens (including phenoxy) is 3. The molecule has 2 aromatic rings. The van der Waals surface area contributed by atoms with Crippen LogP contribution in [0, 0.1) is 0 Å². The number of thioether (sulfide) groups is 1. The van der Waals surface area contributed by atoms with E-state index >= 15 is 0 Å². The number of carbonyl (C=O) groups excluding carboxylic acids is 1. The Kier molecular flexibility index (Phi) is 7.13. The van der Waals surface area contributed by atoms with Crippen molar-refractivity contribution in [1.82, 2.24) is 4.90 Å². The second kappa shape index (κ2) is 9.97. The largest absolute Gasteiger partial charge is 0.494 e. The van der Waals surface area contributed by atoms with Gasteiger partial charge in [-0.2, -0.15) is 5.10 Å². The minimum absolute atomic E-state index is 0.0175. The Bertz CT molecular complexity index is 913. The third-order valence-electron chi connectivity index (χ3n) is 4.19. The predicted octanol–water partition coefficient (Wildman–Crippen LogP) is 3.57. The van der Waals surface area contributed by atoms with E-state index in [9.17, 15) is 4.79 Å². The molecule has 7 nitrogen and oxygen atoms in total. The molecule has 0 saturated carbocycles. The number of hydrogen-bond donors (Lipinski definition) is 0. The molecule has 1 aliphatic rings. The Morgan fingerprint density at radius 1 is 1.10 bits per heavy atom. The van der Waals surface area contributed by atoms with Crippen LogP contribution in [0.4, 0.5) is 0 Å². The van der Waals surface area contributed by atoms with Gasteiger partial charge in [0.25, 0.3) is 0 Å². The minimum Gasteiger partial charge on any atom is -0.494 e. The third-order valence-corrected chi connectivity index (χ3v) is 5.14. The van der Waals surface area contributed by atoms with E-state index in [1.165, 1.54) is 11.8 Å². The minimum atomic E-state index is 0.0175. The first kappa shape index (κ1) is 20.7. The van der Waals surface area contributed by atoms with E-state index < -0.39 is 0 Å². The molecule has 0 N–H and O–H groups in total. The average Bonchev–Trinajstić information content (AvgIpc) is 3.09. The first-order valence-corrected chi connectivity index (χ1v) is 10.1. The molecule has 0 unspecified atom stereocenters. The number of carbonyl (C=O) groups is 1. The van der Waals surface area contributed by atoms with Crippen molar-refractivity contribution in [3.63, 3.8) is 0 Å². The van der Waals surface area contributed by atoms with Crippen LogP contribution in [0.3, 0.4) is 0 Å². The van der Waals surface area contributed by atoms with E-state index in [2.05, 4.69) is 10.2 Å². The summed E-state index contributed by atoms with van der Waals surface area (Å²) >= 11 is 1.38. The van der Waals surface area contributed by atoms with Crippen molar-refractivity contribution in [2.75, 3.05) is 26.6 Å². The second-order valence-corrected chi connectivity index (χ2v) is 7.03. The average molecular weight is 413 g/mol. The lowest BCUT2D eigenvalue weighted by Gasteiger charge is -2.15. The van der Waals surface area contributed by atoms with Crippen molar-refractivity contribution >= 4 is 29.1 Å². The molecule has 3 rings (SSSR count). The van der Waals surface area contributed by atoms with Gasteiger partial charge in [-0.25, -0.2) is 0 Å². The summed E-state index contributed by atoms with van der Waals surface area (Å²) in [5, 5.41) is 8.98. The van der Waals surface area contributed by atoms with E-state index in [1.54, 1.807) is 31.4 Å². The number of amides is 1. The zero-order valence-electron chi connectivity index (χ0n) is 16.6. The summed E-state index contributed by atoms with van der Waals surface area (Å²) in [6.45, 7) is 3.01. The quantitative estimate of drug-likeness (QED) is 0.489. The number of benzene rings is 2. The van der Waals surface area contributed by atoms with Crippen molar-refractivity contribution in [2.45, 2.75) is 13.5 Å². The maximum Gasteiger partial charge on any atom is 0.239 e. The van der Waals surface area contributed by atoms with Crippen LogP contribution in [-0.2, 0) is 11.3 Å². The Morgan fingerprint density at radius 3 is 2.55 bits per heavy atom. The van der Waals surface area contributed by atoms with Crippen molar-refractivity contribution < 1.29 is 19.0 Å². The number of methoxy groups -OCH3 is 2. The van der Waals surface area contributed by atoms with Crippen molar-refractivity contribution in [2.24, 2.45) is 10.2 Å². The number of amidine groups is 1. The lowest BCUT2D eigenvalue weighted by molar-refractivity contribution is -0.124. The Hall–Kier alpha value is -3.00. The third kappa shape index (κ3) is 5.29. The predicted molar refractivity (Wildman–Crippen MR) is 115 cm³/mol. The molecule has 0 spiro atoms. The zero-order chi connectivity index (χ0) is 20.6. The van der Waals surface area contributed by atoms with Crippen LogP contribution < -0.4 is 14.2 Å². The van der Waals surface area contributed by atoms with Crippen LogP contribution in [0.2, 0.25) is 0 Å². The summed E-state index contributed by atoms with van der Waals surface area (Å²) in [6, 6.07) is 13.2. The molecule has 0 atom stereocenters. The standard InChI is InChI=1S/C21H23N3O4S/c1-4-28-17-8-5-15(6-9-17)13-24-20(25)14-29-21(24)23-22-12-16-7-10-18(26-2)19(11-16)27-3/h5-12H,4,13-14H2,1-3H3/b22-12-,23-21+. The van der Waals surface area contributed by atoms with Gasteiger partial charge in [-0.1, -0.05) is 23.9 Å². The fourth-order valence-electron chi connectivity index (χ4n) is 2.75. The summed E-state index contributed by atoms with van der Waals surface area (Å²) in [7, 11) is 3.17. The molecule has 0 bridgehead atoms. The number of rotatable bonds is 8. The molecule has 0 aromatic heterocycles. The Labute approximate surface area is 174 Å². The van der Waals surface area contributed by atoms with Gasteiger partial charge in [-0.05, 0) is 48.4 Å². The van der Waals surface area contributed by atoms with Gasteiger partial charge >= 0.3 is 0 Å². The first-order chi connectivity index (χ1) is 14.1. The van der Waals surface area contributed by atoms with Crippen LogP contribution in [0.5, 0.6) is 17.2 Å². The van der Waals surface area contributed by atoms with E-state index in [4.69, 9.17) is 14.2 Å². The van der Waals surface area contributed by atoms with Crippen LogP contribution >= 0.6 is 11.8 Å². The molecule has 1 amide bonds. The highest BCUT2D eigenvalue weighted by Gasteiger charge is 2.28. The van der Waals surface area contributed by atoms with Crippen molar-refractivity contribution in [1.29, 1.82) is 0 Å². The van der Waals surface area contributed by atoms with E-state index in [-0.39, 0.29) is 5.91 Å². The highest BCUT2D eigenvalue weighted by molar-refractivity contribution is 8.15. The van der Waals surface area contributed by atoms with E-state index in [1.807, 2.05) is 43.3 Å². The van der Waals surface area contributed by atoms with Gasteiger partial charge in [0.15, 0.2) is 16.7 Å². The van der Waals surface area contributed by atoms with Crippen molar-refractivity contribution in [3.05, 3.63) is 53.6 Å². The molecule has 1 aliphatic heterocycles. The van der Waals surface area contributed by atoms with Crippen LogP contribution in [0.25, 0.3) is 0 Å². The summed E-state index contributed by atoms with van der Waals surface area (Å²) in [5.74, 6) is 2.46. The molecule has 152 valence electrons. The summed E-state index contributed by atoms with van der Waals surface area (Å²) < 4.78 is 16.0. The van der Waals surface area contributed by atoms with Crippen molar-refractivity contribution in [3.8, 4) is 17.2 Å². The van der Waals surface area contributed by atoms with Gasteiger partial charge in [0.1, 0.15) is 5.75 Å². The molecule has 2 aromatic carbocycles. The summed E-state index contributed by atoms with van der Waals surface area (Å²) in [6.07, 6.45) is 1.62. The molecule has 1 saturated heterocycles. The summed E-state index contributed by atoms with van der Waals surface area (Å²) in [4.78, 5) is 13.9. The van der Waals surface area contributed by atoms with Gasteiger partial charge < -0.3 is 14.2 Å². The van der Waals surface area contributed by atoms with Gasteiger partial charge in [0, 0.05) is 0 Å². The van der Waals surface area contributed by atoms with Gasteiger partial charge in [0.05, 0.1) is 39.3 Å². The fraction of sp³-hybridized carbons (Fsp3) is 0.286. The molecule has 29 heavy (non-hydrogen) atoms. The number of hydrogen-bond acceptors (Lipinski definition) is 7. The molecule has 0 aliphatic carbocycles. The van der Waals surface area contributed by atoms with Crippen LogP contribution in [0.15, 0.2) is 52.7 Å². The maximum absolute atomic E-state index is 12.3. The van der Waals surface area contributed by atoms with E-state index in [0.717, 1.165) is 16.9 Å². The molecule has 0 radical (unpaired) electrons. The molecular weight excluding hydrogens is 390 g/mol. The molecular formula is C21H23N3O4S. The highest BCUT2D eigenvalue weighted by Crippen LogP contribution is 2.27. The number of nitrogens with zero attached hydrogens (tertiary/aromatic N) is 3. The first-order valence-electron chi connectivity index (χ1n) is 9.12. The molecule has 8 heteroatoms. The molecule has 1 heterocycles. The maximum atomic E-state index is 12.3. The van der Waals surface area contributed by atoms with Crippen LogP contribution in [-0.4, -0.2) is 48.8 Å². The zero-order valence-corrected chi connectivity index (χ0v) is 17.4. The monoisotopic (exact) mass is 413 g/mol. The normalized spacial score (nSPS) is 15.3. The Morgan fingerprint density at radius 2 is 1.86 bits per heavy atom.